The molecule has 25 heavy (non-hydrogen) atoms. The number of urea groups is 1. The van der Waals surface area contributed by atoms with Crippen molar-refractivity contribution in [3.63, 3.8) is 0 Å². The maximum atomic E-state index is 12.1. The lowest BCUT2D eigenvalue weighted by Crippen LogP contribution is -2.34. The first-order valence-corrected chi connectivity index (χ1v) is 9.34. The second-order valence-electron chi connectivity index (χ2n) is 4.86. The third-order valence-corrected chi connectivity index (χ3v) is 5.04. The smallest absolute Gasteiger partial charge is 0.367 e. The lowest BCUT2D eigenvalue weighted by Gasteiger charge is -2.19. The minimum absolute atomic E-state index is 0.0314. The Morgan fingerprint density at radius 3 is 2.68 bits per heavy atom. The van der Waals surface area contributed by atoms with Gasteiger partial charge in [0.2, 0.25) is 11.0 Å². The number of aryl methyl sites for hydroxylation is 1. The van der Waals surface area contributed by atoms with Crippen molar-refractivity contribution in [2.24, 2.45) is 15.9 Å². The molecule has 1 aliphatic heterocycles. The van der Waals surface area contributed by atoms with Gasteiger partial charge in [0.05, 0.1) is 17.4 Å². The Bertz CT molecular complexity index is 743. The molecule has 1 atom stereocenters. The standard InChI is InChI=1S/C14H17N5O4S2/c1-4-9-18-19-14(25-9)16-8(20)6-24-11-10(12(21)23-5-2)7(3)15-13(22)17-11/h10H,4-6H2,1-3H3,(H,16,19,20). The van der Waals surface area contributed by atoms with Gasteiger partial charge in [0, 0.05) is 5.71 Å². The minimum Gasteiger partial charge on any atom is -0.465 e. The van der Waals surface area contributed by atoms with Gasteiger partial charge >= 0.3 is 12.0 Å². The topological polar surface area (TPSA) is 123 Å². The van der Waals surface area contributed by atoms with E-state index in [4.69, 9.17) is 4.74 Å². The van der Waals surface area contributed by atoms with Crippen molar-refractivity contribution in [2.45, 2.75) is 27.2 Å². The van der Waals surface area contributed by atoms with Crippen LogP contribution in [0.3, 0.4) is 0 Å². The number of aliphatic imine (C=N–C) groups is 2. The molecule has 0 fully saturated rings. The fourth-order valence-electron chi connectivity index (χ4n) is 1.93. The first-order chi connectivity index (χ1) is 11.9. The van der Waals surface area contributed by atoms with Crippen LogP contribution in [0.4, 0.5) is 9.93 Å². The molecule has 3 amide bonds. The maximum absolute atomic E-state index is 12.1. The molecular weight excluding hydrogens is 366 g/mol. The fourth-order valence-corrected chi connectivity index (χ4v) is 3.56. The number of aromatic nitrogens is 2. The summed E-state index contributed by atoms with van der Waals surface area (Å²) in [5.74, 6) is -1.76. The van der Waals surface area contributed by atoms with Crippen LogP contribution in [0, 0.1) is 5.92 Å². The summed E-state index contributed by atoms with van der Waals surface area (Å²) in [6, 6.07) is -0.697. The van der Waals surface area contributed by atoms with Gasteiger partial charge in [-0.25, -0.2) is 4.79 Å². The highest BCUT2D eigenvalue weighted by Gasteiger charge is 2.33. The van der Waals surface area contributed by atoms with Crippen LogP contribution in [-0.4, -0.2) is 51.2 Å². The van der Waals surface area contributed by atoms with Crippen LogP contribution in [-0.2, 0) is 20.7 Å². The Morgan fingerprint density at radius 1 is 1.28 bits per heavy atom. The Kier molecular flexibility index (Phi) is 6.76. The van der Waals surface area contributed by atoms with Gasteiger partial charge in [-0.05, 0) is 20.3 Å². The van der Waals surface area contributed by atoms with Crippen LogP contribution in [0.2, 0.25) is 0 Å². The number of hydrogen-bond acceptors (Lipinski definition) is 8. The van der Waals surface area contributed by atoms with E-state index in [1.54, 1.807) is 13.8 Å². The molecule has 1 aromatic heterocycles. The summed E-state index contributed by atoms with van der Waals surface area (Å²) in [5, 5.41) is 11.8. The summed E-state index contributed by atoms with van der Waals surface area (Å²) < 4.78 is 4.99. The zero-order valence-corrected chi connectivity index (χ0v) is 15.6. The van der Waals surface area contributed by atoms with Crippen LogP contribution < -0.4 is 5.32 Å². The van der Waals surface area contributed by atoms with Crippen molar-refractivity contribution in [3.05, 3.63) is 5.01 Å². The molecule has 0 radical (unpaired) electrons. The number of anilines is 1. The van der Waals surface area contributed by atoms with Crippen molar-refractivity contribution < 1.29 is 19.1 Å². The number of nitrogens with one attached hydrogen (secondary N) is 1. The predicted molar refractivity (Wildman–Crippen MR) is 96.4 cm³/mol. The second kappa shape index (κ2) is 8.81. The molecule has 0 saturated carbocycles. The molecule has 134 valence electrons. The van der Waals surface area contributed by atoms with Gasteiger partial charge in [0.25, 0.3) is 0 Å². The molecule has 1 aromatic rings. The van der Waals surface area contributed by atoms with E-state index < -0.39 is 17.9 Å². The summed E-state index contributed by atoms with van der Waals surface area (Å²) >= 11 is 2.29. The molecule has 0 saturated heterocycles. The normalized spacial score (nSPS) is 16.9. The number of esters is 1. The summed E-state index contributed by atoms with van der Waals surface area (Å²) in [6.07, 6.45) is 0.737. The number of nitrogens with zero attached hydrogens (tertiary/aromatic N) is 4. The van der Waals surface area contributed by atoms with Crippen molar-refractivity contribution in [1.82, 2.24) is 10.2 Å². The van der Waals surface area contributed by atoms with E-state index in [9.17, 15) is 14.4 Å². The Hall–Kier alpha value is -2.14. The molecule has 0 bridgehead atoms. The first kappa shape index (κ1) is 19.2. The highest BCUT2D eigenvalue weighted by molar-refractivity contribution is 8.14. The number of amides is 3. The summed E-state index contributed by atoms with van der Waals surface area (Å²) in [7, 11) is 0. The fraction of sp³-hybridized carbons (Fsp3) is 0.500. The van der Waals surface area contributed by atoms with Crippen LogP contribution in [0.5, 0.6) is 0 Å². The van der Waals surface area contributed by atoms with Crippen molar-refractivity contribution >= 4 is 56.9 Å². The number of thioether (sulfide) groups is 1. The Balaban J connectivity index is 1.99. The predicted octanol–water partition coefficient (Wildman–Crippen LogP) is 1.94. The number of carbonyl (C=O) groups excluding carboxylic acids is 3. The monoisotopic (exact) mass is 383 g/mol. The maximum Gasteiger partial charge on any atom is 0.367 e. The number of ether oxygens (including phenoxy) is 1. The Labute approximate surface area is 152 Å². The van der Waals surface area contributed by atoms with E-state index in [-0.39, 0.29) is 23.3 Å². The molecule has 0 aliphatic carbocycles. The largest absolute Gasteiger partial charge is 0.465 e. The van der Waals surface area contributed by atoms with Crippen LogP contribution in [0.15, 0.2) is 9.98 Å². The van der Waals surface area contributed by atoms with Crippen LogP contribution in [0.25, 0.3) is 0 Å². The average Bonchev–Trinajstić information content (AvgIpc) is 3.00. The highest BCUT2D eigenvalue weighted by atomic mass is 32.2. The zero-order chi connectivity index (χ0) is 18.4. The van der Waals surface area contributed by atoms with Crippen molar-refractivity contribution in [2.75, 3.05) is 17.7 Å². The summed E-state index contributed by atoms with van der Waals surface area (Å²) in [4.78, 5) is 43.1. The molecule has 0 spiro atoms. The van der Waals surface area contributed by atoms with Gasteiger partial charge in [-0.2, -0.15) is 9.98 Å². The third kappa shape index (κ3) is 5.16. The summed E-state index contributed by atoms with van der Waals surface area (Å²) in [5.41, 5.74) is 0.304. The molecular formula is C14H17N5O4S2. The molecule has 11 heteroatoms. The highest BCUT2D eigenvalue weighted by Crippen LogP contribution is 2.22. The lowest BCUT2D eigenvalue weighted by atomic mass is 10.1. The number of hydrogen-bond donors (Lipinski definition) is 1. The summed E-state index contributed by atoms with van der Waals surface area (Å²) in [6.45, 7) is 5.39. The number of rotatable bonds is 6. The van der Waals surface area contributed by atoms with Gasteiger partial charge in [-0.1, -0.05) is 30.0 Å². The van der Waals surface area contributed by atoms with E-state index in [1.165, 1.54) is 11.3 Å². The Morgan fingerprint density at radius 2 is 2.04 bits per heavy atom. The second-order valence-corrected chi connectivity index (χ2v) is 6.92. The zero-order valence-electron chi connectivity index (χ0n) is 13.9. The van der Waals surface area contributed by atoms with Crippen molar-refractivity contribution in [3.8, 4) is 0 Å². The molecule has 1 N–H and O–H groups in total. The first-order valence-electron chi connectivity index (χ1n) is 7.54. The van der Waals surface area contributed by atoms with E-state index >= 15 is 0 Å². The van der Waals surface area contributed by atoms with Gasteiger partial charge in [0.1, 0.15) is 10.9 Å². The molecule has 9 nitrogen and oxygen atoms in total. The van der Waals surface area contributed by atoms with E-state index in [0.717, 1.165) is 23.2 Å². The van der Waals surface area contributed by atoms with Gasteiger partial charge < -0.3 is 4.74 Å². The SMILES string of the molecule is CCOC(=O)C1C(C)=NC(=O)N=C1SCC(=O)Nc1nnc(CC)s1. The lowest BCUT2D eigenvalue weighted by molar-refractivity contribution is -0.143. The van der Waals surface area contributed by atoms with Gasteiger partial charge in [-0.3, -0.25) is 14.9 Å². The van der Waals surface area contributed by atoms with Crippen molar-refractivity contribution in [1.29, 1.82) is 0 Å². The molecule has 0 aromatic carbocycles. The van der Waals surface area contributed by atoms with E-state index in [1.807, 2.05) is 6.92 Å². The van der Waals surface area contributed by atoms with E-state index in [2.05, 4.69) is 25.5 Å². The van der Waals surface area contributed by atoms with Crippen LogP contribution >= 0.6 is 23.1 Å². The van der Waals surface area contributed by atoms with Gasteiger partial charge in [0.15, 0.2) is 0 Å². The van der Waals surface area contributed by atoms with Crippen LogP contribution in [0.1, 0.15) is 25.8 Å². The quantitative estimate of drug-likeness (QED) is 0.745. The van der Waals surface area contributed by atoms with E-state index in [0.29, 0.717) is 10.8 Å². The average molecular weight is 383 g/mol. The molecule has 2 heterocycles. The number of carbonyl (C=O) groups is 3. The minimum atomic E-state index is -0.858. The third-order valence-electron chi connectivity index (χ3n) is 3.03. The molecule has 1 unspecified atom stereocenters. The molecule has 2 rings (SSSR count). The van der Waals surface area contributed by atoms with Gasteiger partial charge in [-0.15, -0.1) is 10.2 Å². The molecule has 1 aliphatic rings.